The molecule has 6 heteroatoms. The zero-order chi connectivity index (χ0) is 13.8. The van der Waals surface area contributed by atoms with E-state index in [1.54, 1.807) is 11.0 Å². The summed E-state index contributed by atoms with van der Waals surface area (Å²) >= 11 is 0. The second kappa shape index (κ2) is 5.86. The maximum absolute atomic E-state index is 12.2. The summed E-state index contributed by atoms with van der Waals surface area (Å²) in [6.45, 7) is 5.92. The smallest absolute Gasteiger partial charge is 0.276 e. The van der Waals surface area contributed by atoms with E-state index in [4.69, 9.17) is 4.52 Å². The molecule has 1 aromatic heterocycles. The third kappa shape index (κ3) is 2.94. The largest absolute Gasteiger partial charge is 0.361 e. The molecule has 2 rings (SSSR count). The molecule has 1 aromatic rings. The Morgan fingerprint density at radius 2 is 2.21 bits per heavy atom. The van der Waals surface area contributed by atoms with Gasteiger partial charge in [0.15, 0.2) is 5.69 Å². The number of carbonyl (C=O) groups is 2. The number of carbonyl (C=O) groups excluding carboxylic acids is 2. The van der Waals surface area contributed by atoms with Crippen LogP contribution in [-0.4, -0.2) is 52.9 Å². The van der Waals surface area contributed by atoms with E-state index in [1.807, 2.05) is 13.8 Å². The monoisotopic (exact) mass is 265 g/mol. The first-order valence-corrected chi connectivity index (χ1v) is 6.68. The molecule has 0 N–H and O–H groups in total. The number of hydrogen-bond acceptors (Lipinski definition) is 4. The van der Waals surface area contributed by atoms with Crippen molar-refractivity contribution in [2.45, 2.75) is 26.7 Å². The molecule has 6 nitrogen and oxygen atoms in total. The van der Waals surface area contributed by atoms with E-state index in [2.05, 4.69) is 5.16 Å². The summed E-state index contributed by atoms with van der Waals surface area (Å²) in [5.41, 5.74) is 0.293. The van der Waals surface area contributed by atoms with Gasteiger partial charge in [-0.15, -0.1) is 0 Å². The second-order valence-electron chi connectivity index (χ2n) is 4.63. The molecule has 0 aromatic carbocycles. The molecule has 104 valence electrons. The van der Waals surface area contributed by atoms with Crippen molar-refractivity contribution in [2.75, 3.05) is 26.2 Å². The minimum atomic E-state index is -0.227. The van der Waals surface area contributed by atoms with Gasteiger partial charge in [-0.2, -0.15) is 0 Å². The highest BCUT2D eigenvalue weighted by Crippen LogP contribution is 2.11. The molecule has 1 aliphatic heterocycles. The quantitative estimate of drug-likeness (QED) is 0.812. The molecular weight excluding hydrogens is 246 g/mol. The standard InChI is InChI=1S/C13H19N3O3/c1-3-5-10-8-11(14-19-10)13(18)16-7-6-15(4-2)12(17)9-16/h8H,3-7,9H2,1-2H3. The maximum atomic E-state index is 12.2. The molecule has 0 spiro atoms. The topological polar surface area (TPSA) is 66.7 Å². The Morgan fingerprint density at radius 3 is 2.84 bits per heavy atom. The highest BCUT2D eigenvalue weighted by atomic mass is 16.5. The fraction of sp³-hybridized carbons (Fsp3) is 0.615. The molecule has 0 radical (unpaired) electrons. The van der Waals surface area contributed by atoms with E-state index >= 15 is 0 Å². The van der Waals surface area contributed by atoms with Crippen LogP contribution in [0.4, 0.5) is 0 Å². The van der Waals surface area contributed by atoms with Crippen LogP contribution in [0.3, 0.4) is 0 Å². The van der Waals surface area contributed by atoms with Gasteiger partial charge in [0.25, 0.3) is 5.91 Å². The van der Waals surface area contributed by atoms with Gasteiger partial charge < -0.3 is 14.3 Å². The van der Waals surface area contributed by atoms with Crippen molar-refractivity contribution in [3.8, 4) is 0 Å². The number of likely N-dealkylation sites (N-methyl/N-ethyl adjacent to an activating group) is 1. The lowest BCUT2D eigenvalue weighted by Gasteiger charge is -2.33. The van der Waals surface area contributed by atoms with Gasteiger partial charge in [-0.25, -0.2) is 0 Å². The summed E-state index contributed by atoms with van der Waals surface area (Å²) in [5, 5.41) is 3.78. The molecule has 0 aliphatic carbocycles. The minimum absolute atomic E-state index is 0.0145. The summed E-state index contributed by atoms with van der Waals surface area (Å²) in [6.07, 6.45) is 1.71. The van der Waals surface area contributed by atoms with Gasteiger partial charge >= 0.3 is 0 Å². The molecule has 0 atom stereocenters. The molecule has 1 aliphatic rings. The Hall–Kier alpha value is -1.85. The van der Waals surface area contributed by atoms with Crippen LogP contribution in [0.2, 0.25) is 0 Å². The summed E-state index contributed by atoms with van der Waals surface area (Å²) in [6, 6.07) is 1.67. The zero-order valence-corrected chi connectivity index (χ0v) is 11.4. The van der Waals surface area contributed by atoms with Crippen LogP contribution in [0, 0.1) is 0 Å². The maximum Gasteiger partial charge on any atom is 0.276 e. The van der Waals surface area contributed by atoms with Gasteiger partial charge in [0, 0.05) is 32.1 Å². The third-order valence-electron chi connectivity index (χ3n) is 3.26. The van der Waals surface area contributed by atoms with Crippen molar-refractivity contribution in [3.05, 3.63) is 17.5 Å². The number of nitrogens with zero attached hydrogens (tertiary/aromatic N) is 3. The van der Waals surface area contributed by atoms with Gasteiger partial charge in [0.1, 0.15) is 12.3 Å². The van der Waals surface area contributed by atoms with Crippen LogP contribution in [0.1, 0.15) is 36.5 Å². The van der Waals surface area contributed by atoms with Crippen molar-refractivity contribution in [1.29, 1.82) is 0 Å². The van der Waals surface area contributed by atoms with Crippen molar-refractivity contribution >= 4 is 11.8 Å². The third-order valence-corrected chi connectivity index (χ3v) is 3.26. The molecule has 2 heterocycles. The first-order chi connectivity index (χ1) is 9.15. The van der Waals surface area contributed by atoms with Crippen molar-refractivity contribution in [3.63, 3.8) is 0 Å². The van der Waals surface area contributed by atoms with Crippen molar-refractivity contribution in [1.82, 2.24) is 15.0 Å². The van der Waals surface area contributed by atoms with Gasteiger partial charge in [-0.05, 0) is 13.3 Å². The lowest BCUT2D eigenvalue weighted by molar-refractivity contribution is -0.134. The highest BCUT2D eigenvalue weighted by molar-refractivity contribution is 5.95. The summed E-state index contributed by atoms with van der Waals surface area (Å²) in [5.74, 6) is 0.471. The van der Waals surface area contributed by atoms with E-state index in [-0.39, 0.29) is 18.4 Å². The molecule has 0 bridgehead atoms. The Labute approximate surface area is 112 Å². The average molecular weight is 265 g/mol. The predicted octanol–water partition coefficient (Wildman–Crippen LogP) is 0.931. The van der Waals surface area contributed by atoms with Crippen LogP contribution in [0.15, 0.2) is 10.6 Å². The Balaban J connectivity index is 2.01. The Bertz CT molecular complexity index is 469. The molecule has 19 heavy (non-hydrogen) atoms. The van der Waals surface area contributed by atoms with Crippen molar-refractivity contribution < 1.29 is 14.1 Å². The Morgan fingerprint density at radius 1 is 1.42 bits per heavy atom. The number of piperazine rings is 1. The number of hydrogen-bond donors (Lipinski definition) is 0. The average Bonchev–Trinajstić information content (AvgIpc) is 2.87. The van der Waals surface area contributed by atoms with Crippen LogP contribution in [0.25, 0.3) is 0 Å². The van der Waals surface area contributed by atoms with E-state index < -0.39 is 0 Å². The first-order valence-electron chi connectivity index (χ1n) is 6.68. The predicted molar refractivity (Wildman–Crippen MR) is 68.7 cm³/mol. The van der Waals surface area contributed by atoms with Crippen LogP contribution in [0.5, 0.6) is 0 Å². The van der Waals surface area contributed by atoms with Gasteiger partial charge in [0.2, 0.25) is 5.91 Å². The van der Waals surface area contributed by atoms with Crippen LogP contribution >= 0.6 is 0 Å². The van der Waals surface area contributed by atoms with Crippen molar-refractivity contribution in [2.24, 2.45) is 0 Å². The minimum Gasteiger partial charge on any atom is -0.361 e. The molecular formula is C13H19N3O3. The van der Waals surface area contributed by atoms with E-state index in [0.717, 1.165) is 12.8 Å². The molecule has 2 amide bonds. The summed E-state index contributed by atoms with van der Waals surface area (Å²) in [4.78, 5) is 27.2. The lowest BCUT2D eigenvalue weighted by atomic mass is 10.2. The number of aromatic nitrogens is 1. The second-order valence-corrected chi connectivity index (χ2v) is 4.63. The van der Waals surface area contributed by atoms with Gasteiger partial charge in [-0.1, -0.05) is 12.1 Å². The van der Waals surface area contributed by atoms with E-state index in [1.165, 1.54) is 4.90 Å². The number of rotatable bonds is 4. The van der Waals surface area contributed by atoms with Gasteiger partial charge in [0.05, 0.1) is 0 Å². The molecule has 0 unspecified atom stereocenters. The van der Waals surface area contributed by atoms with Crippen LogP contribution < -0.4 is 0 Å². The normalized spacial score (nSPS) is 16.0. The number of aryl methyl sites for hydroxylation is 1. The van der Waals surface area contributed by atoms with Gasteiger partial charge in [-0.3, -0.25) is 9.59 Å². The molecule has 1 saturated heterocycles. The SMILES string of the molecule is CCCc1cc(C(=O)N2CCN(CC)C(=O)C2)no1. The highest BCUT2D eigenvalue weighted by Gasteiger charge is 2.28. The lowest BCUT2D eigenvalue weighted by Crippen LogP contribution is -2.52. The fourth-order valence-electron chi connectivity index (χ4n) is 2.16. The summed E-state index contributed by atoms with van der Waals surface area (Å²) in [7, 11) is 0. The number of amides is 2. The molecule has 0 saturated carbocycles. The zero-order valence-electron chi connectivity index (χ0n) is 11.4. The molecule has 1 fully saturated rings. The fourth-order valence-corrected chi connectivity index (χ4v) is 2.16. The Kier molecular flexibility index (Phi) is 4.19. The van der Waals surface area contributed by atoms with Crippen LogP contribution in [-0.2, 0) is 11.2 Å². The van der Waals surface area contributed by atoms with E-state index in [9.17, 15) is 9.59 Å². The summed E-state index contributed by atoms with van der Waals surface area (Å²) < 4.78 is 5.09. The van der Waals surface area contributed by atoms with E-state index in [0.29, 0.717) is 31.1 Å². The first kappa shape index (κ1) is 13.6.